The Morgan fingerprint density at radius 1 is 1.30 bits per heavy atom. The molecule has 0 rings (SSSR count). The summed E-state index contributed by atoms with van der Waals surface area (Å²) in [6.07, 6.45) is -0.728. The van der Waals surface area contributed by atoms with E-state index in [2.05, 4.69) is 5.32 Å². The molecule has 4 heteroatoms. The Labute approximate surface area is 60.5 Å². The van der Waals surface area contributed by atoms with E-state index in [0.717, 1.165) is 0 Å². The Morgan fingerprint density at radius 2 is 1.90 bits per heavy atom. The summed E-state index contributed by atoms with van der Waals surface area (Å²) in [7, 11) is 0. The van der Waals surface area contributed by atoms with Gasteiger partial charge in [-0.15, -0.1) is 0 Å². The molecule has 0 aliphatic heterocycles. The van der Waals surface area contributed by atoms with Crippen molar-refractivity contribution in [1.29, 1.82) is 0 Å². The Kier molecular flexibility index (Phi) is 5.52. The molecule has 2 atom stereocenters. The highest BCUT2D eigenvalue weighted by atomic mass is 16.3. The van der Waals surface area contributed by atoms with Crippen LogP contribution in [-0.4, -0.2) is 47.2 Å². The lowest BCUT2D eigenvalue weighted by atomic mass is 10.3. The zero-order valence-corrected chi connectivity index (χ0v) is 6.12. The first kappa shape index (κ1) is 9.84. The number of hydrogen-bond donors (Lipinski definition) is 4. The molecule has 0 spiro atoms. The molecule has 0 aliphatic carbocycles. The predicted octanol–water partition coefficient (Wildman–Crippen LogP) is -1.69. The molecule has 0 fully saturated rings. The lowest BCUT2D eigenvalue weighted by molar-refractivity contribution is 0.0897. The van der Waals surface area contributed by atoms with Crippen LogP contribution in [-0.2, 0) is 0 Å². The summed E-state index contributed by atoms with van der Waals surface area (Å²) >= 11 is 0. The van der Waals surface area contributed by atoms with E-state index in [-0.39, 0.29) is 19.3 Å². The van der Waals surface area contributed by atoms with Gasteiger partial charge in [0.05, 0.1) is 19.3 Å². The van der Waals surface area contributed by atoms with Gasteiger partial charge < -0.3 is 20.6 Å². The van der Waals surface area contributed by atoms with E-state index in [1.165, 1.54) is 0 Å². The highest BCUT2D eigenvalue weighted by Gasteiger charge is 2.03. The Hall–Kier alpha value is -0.160. The van der Waals surface area contributed by atoms with E-state index >= 15 is 0 Å². The summed E-state index contributed by atoms with van der Waals surface area (Å²) < 4.78 is 0. The minimum absolute atomic E-state index is 0.0267. The van der Waals surface area contributed by atoms with Gasteiger partial charge in [-0.1, -0.05) is 0 Å². The predicted molar refractivity (Wildman–Crippen MR) is 37.6 cm³/mol. The van der Waals surface area contributed by atoms with Crippen molar-refractivity contribution in [1.82, 2.24) is 5.32 Å². The van der Waals surface area contributed by atoms with E-state index < -0.39 is 6.10 Å². The van der Waals surface area contributed by atoms with Crippen molar-refractivity contribution >= 4 is 0 Å². The normalized spacial score (nSPS) is 16.8. The number of aliphatic hydroxyl groups excluding tert-OH is 3. The van der Waals surface area contributed by atoms with Gasteiger partial charge in [0.1, 0.15) is 0 Å². The second-order valence-corrected chi connectivity index (χ2v) is 2.33. The van der Waals surface area contributed by atoms with Gasteiger partial charge in [-0.2, -0.15) is 0 Å². The first-order chi connectivity index (χ1) is 4.70. The van der Waals surface area contributed by atoms with Gasteiger partial charge in [0.2, 0.25) is 0 Å². The zero-order valence-electron chi connectivity index (χ0n) is 6.12. The minimum atomic E-state index is -0.728. The summed E-state index contributed by atoms with van der Waals surface area (Å²) in [4.78, 5) is 0. The van der Waals surface area contributed by atoms with Gasteiger partial charge >= 0.3 is 0 Å². The van der Waals surface area contributed by atoms with Crippen LogP contribution in [0, 0.1) is 0 Å². The van der Waals surface area contributed by atoms with Crippen molar-refractivity contribution in [3.05, 3.63) is 0 Å². The third-order valence-corrected chi connectivity index (χ3v) is 1.19. The highest BCUT2D eigenvalue weighted by Crippen LogP contribution is 1.81. The summed E-state index contributed by atoms with van der Waals surface area (Å²) in [5.41, 5.74) is 0. The van der Waals surface area contributed by atoms with Gasteiger partial charge in [0, 0.05) is 12.6 Å². The van der Waals surface area contributed by atoms with E-state index in [1.807, 2.05) is 0 Å². The molecule has 10 heavy (non-hydrogen) atoms. The van der Waals surface area contributed by atoms with Crippen molar-refractivity contribution < 1.29 is 15.3 Å². The molecule has 0 aromatic carbocycles. The smallest absolute Gasteiger partial charge is 0.0895 e. The quantitative estimate of drug-likeness (QED) is 0.376. The van der Waals surface area contributed by atoms with Crippen LogP contribution in [0.15, 0.2) is 0 Å². The lowest BCUT2D eigenvalue weighted by Gasteiger charge is -2.12. The molecule has 0 aromatic heterocycles. The highest BCUT2D eigenvalue weighted by molar-refractivity contribution is 4.62. The molecule has 4 N–H and O–H groups in total. The second-order valence-electron chi connectivity index (χ2n) is 2.33. The van der Waals surface area contributed by atoms with Gasteiger partial charge in [-0.05, 0) is 6.92 Å². The molecular weight excluding hydrogens is 134 g/mol. The van der Waals surface area contributed by atoms with Gasteiger partial charge in [-0.25, -0.2) is 0 Å². The minimum Gasteiger partial charge on any atom is -0.395 e. The molecule has 0 saturated carbocycles. The van der Waals surface area contributed by atoms with Crippen LogP contribution in [0.5, 0.6) is 0 Å². The van der Waals surface area contributed by atoms with Crippen molar-refractivity contribution in [3.63, 3.8) is 0 Å². The van der Waals surface area contributed by atoms with Crippen LogP contribution < -0.4 is 5.32 Å². The van der Waals surface area contributed by atoms with Crippen molar-refractivity contribution in [2.45, 2.75) is 19.1 Å². The van der Waals surface area contributed by atoms with Crippen LogP contribution in [0.1, 0.15) is 6.92 Å². The fraction of sp³-hybridized carbons (Fsp3) is 1.00. The van der Waals surface area contributed by atoms with Gasteiger partial charge in [-0.3, -0.25) is 0 Å². The molecule has 0 bridgehead atoms. The van der Waals surface area contributed by atoms with E-state index in [1.54, 1.807) is 6.92 Å². The molecule has 0 amide bonds. The summed E-state index contributed by atoms with van der Waals surface area (Å²) in [6.45, 7) is 1.91. The zero-order chi connectivity index (χ0) is 7.98. The number of hydrogen-bond acceptors (Lipinski definition) is 4. The fourth-order valence-corrected chi connectivity index (χ4v) is 0.466. The first-order valence-corrected chi connectivity index (χ1v) is 3.33. The summed E-state index contributed by atoms with van der Waals surface area (Å²) in [5, 5.41) is 28.5. The maximum absolute atomic E-state index is 8.81. The monoisotopic (exact) mass is 149 g/mol. The third-order valence-electron chi connectivity index (χ3n) is 1.19. The molecule has 0 radical (unpaired) electrons. The number of nitrogens with one attached hydrogen (secondary N) is 1. The molecule has 62 valence electrons. The van der Waals surface area contributed by atoms with Crippen molar-refractivity contribution in [3.8, 4) is 0 Å². The molecule has 0 aliphatic rings. The summed E-state index contributed by atoms with van der Waals surface area (Å²) in [5.74, 6) is 0. The Morgan fingerprint density at radius 3 is 2.30 bits per heavy atom. The van der Waals surface area contributed by atoms with Crippen molar-refractivity contribution in [2.24, 2.45) is 0 Å². The number of rotatable bonds is 5. The first-order valence-electron chi connectivity index (χ1n) is 3.33. The second kappa shape index (κ2) is 5.61. The third kappa shape index (κ3) is 4.69. The maximum Gasteiger partial charge on any atom is 0.0895 e. The molecule has 0 heterocycles. The maximum atomic E-state index is 8.81. The SMILES string of the molecule is CC(CO)NCC(O)CO. The van der Waals surface area contributed by atoms with Crippen LogP contribution in [0.3, 0.4) is 0 Å². The van der Waals surface area contributed by atoms with Crippen LogP contribution in [0.25, 0.3) is 0 Å². The molecule has 0 aromatic rings. The standard InChI is InChI=1S/C6H15NO3/c1-5(3-8)7-2-6(10)4-9/h5-10H,2-4H2,1H3. The van der Waals surface area contributed by atoms with Crippen LogP contribution >= 0.6 is 0 Å². The average Bonchev–Trinajstić information content (AvgIpc) is 1.99. The molecular formula is C6H15NO3. The van der Waals surface area contributed by atoms with Gasteiger partial charge in [0.25, 0.3) is 0 Å². The van der Waals surface area contributed by atoms with Crippen molar-refractivity contribution in [2.75, 3.05) is 19.8 Å². The van der Waals surface area contributed by atoms with Crippen LogP contribution in [0.2, 0.25) is 0 Å². The molecule has 4 nitrogen and oxygen atoms in total. The molecule has 2 unspecified atom stereocenters. The largest absolute Gasteiger partial charge is 0.395 e. The average molecular weight is 149 g/mol. The number of aliphatic hydroxyl groups is 3. The Balaban J connectivity index is 3.17. The lowest BCUT2D eigenvalue weighted by Crippen LogP contribution is -2.37. The van der Waals surface area contributed by atoms with Gasteiger partial charge in [0.15, 0.2) is 0 Å². The van der Waals surface area contributed by atoms with E-state index in [4.69, 9.17) is 15.3 Å². The van der Waals surface area contributed by atoms with E-state index in [0.29, 0.717) is 6.54 Å². The summed E-state index contributed by atoms with van der Waals surface area (Å²) in [6, 6.07) is -0.0267. The van der Waals surface area contributed by atoms with E-state index in [9.17, 15) is 0 Å². The molecule has 0 saturated heterocycles. The topological polar surface area (TPSA) is 72.7 Å². The Bertz CT molecular complexity index is 69.4. The van der Waals surface area contributed by atoms with Crippen LogP contribution in [0.4, 0.5) is 0 Å². The fourth-order valence-electron chi connectivity index (χ4n) is 0.466.